The van der Waals surface area contributed by atoms with Crippen LogP contribution >= 0.6 is 0 Å². The number of aryl methyl sites for hydroxylation is 2. The average Bonchev–Trinajstić information content (AvgIpc) is 2.89. The molecule has 0 radical (unpaired) electrons. The van der Waals surface area contributed by atoms with E-state index in [1.165, 1.54) is 6.20 Å². The highest BCUT2D eigenvalue weighted by Gasteiger charge is 2.04. The molecule has 1 N–H and O–H groups in total. The van der Waals surface area contributed by atoms with E-state index in [1.807, 2.05) is 26.0 Å². The number of hydrazone groups is 1. The fourth-order valence-corrected chi connectivity index (χ4v) is 1.69. The Balaban J connectivity index is 1.83. The van der Waals surface area contributed by atoms with Crippen LogP contribution in [0.25, 0.3) is 0 Å². The fourth-order valence-electron chi connectivity index (χ4n) is 1.69. The van der Waals surface area contributed by atoms with Crippen molar-refractivity contribution in [2.75, 3.05) is 0 Å². The highest BCUT2D eigenvalue weighted by molar-refractivity contribution is 5.94. The topological polar surface area (TPSA) is 67.5 Å². The number of carbonyl (C=O) groups is 1. The molecule has 2 rings (SSSR count). The maximum absolute atomic E-state index is 11.7. The molecule has 0 unspecified atom stereocenters. The predicted octanol–water partition coefficient (Wildman–Crippen LogP) is 2.72. The van der Waals surface area contributed by atoms with E-state index in [1.54, 1.807) is 18.3 Å². The summed E-state index contributed by atoms with van der Waals surface area (Å²) in [6.07, 6.45) is 4.63. The molecule has 0 aromatic carbocycles. The van der Waals surface area contributed by atoms with E-state index in [9.17, 15) is 4.79 Å². The Kier molecular flexibility index (Phi) is 4.65. The lowest BCUT2D eigenvalue weighted by atomic mass is 10.2. The van der Waals surface area contributed by atoms with Gasteiger partial charge < -0.3 is 4.42 Å². The summed E-state index contributed by atoms with van der Waals surface area (Å²) in [4.78, 5) is 15.6. The van der Waals surface area contributed by atoms with Gasteiger partial charge in [-0.2, -0.15) is 5.10 Å². The molecule has 104 valence electrons. The van der Waals surface area contributed by atoms with Crippen molar-refractivity contribution in [3.05, 3.63) is 53.7 Å². The molecule has 0 fully saturated rings. The zero-order valence-corrected chi connectivity index (χ0v) is 11.6. The number of furan rings is 1. The number of hydrogen-bond donors (Lipinski definition) is 1. The van der Waals surface area contributed by atoms with Gasteiger partial charge in [-0.05, 0) is 44.5 Å². The third-order valence-corrected chi connectivity index (χ3v) is 2.80. The van der Waals surface area contributed by atoms with Crippen molar-refractivity contribution in [2.24, 2.45) is 5.10 Å². The molecule has 0 aliphatic heterocycles. The third-order valence-electron chi connectivity index (χ3n) is 2.80. The van der Waals surface area contributed by atoms with Gasteiger partial charge >= 0.3 is 0 Å². The normalized spacial score (nSPS) is 11.4. The first-order valence-electron chi connectivity index (χ1n) is 6.44. The van der Waals surface area contributed by atoms with Crippen LogP contribution in [0.4, 0.5) is 0 Å². The van der Waals surface area contributed by atoms with Gasteiger partial charge in [0.1, 0.15) is 11.5 Å². The van der Waals surface area contributed by atoms with Gasteiger partial charge in [-0.25, -0.2) is 5.43 Å². The molecule has 20 heavy (non-hydrogen) atoms. The van der Waals surface area contributed by atoms with Crippen molar-refractivity contribution in [3.8, 4) is 0 Å². The number of amides is 1. The minimum atomic E-state index is -0.258. The number of nitrogens with zero attached hydrogens (tertiary/aromatic N) is 2. The monoisotopic (exact) mass is 271 g/mol. The Morgan fingerprint density at radius 3 is 2.90 bits per heavy atom. The lowest BCUT2D eigenvalue weighted by Crippen LogP contribution is -2.19. The van der Waals surface area contributed by atoms with Gasteiger partial charge in [0.05, 0.1) is 5.56 Å². The zero-order valence-electron chi connectivity index (χ0n) is 11.6. The maximum atomic E-state index is 11.7. The third kappa shape index (κ3) is 4.05. The van der Waals surface area contributed by atoms with Crippen LogP contribution in [0.15, 0.2) is 46.2 Å². The summed E-state index contributed by atoms with van der Waals surface area (Å²) < 4.78 is 5.48. The lowest BCUT2D eigenvalue weighted by Gasteiger charge is -2.01. The first-order chi connectivity index (χ1) is 9.65. The fraction of sp³-hybridized carbons (Fsp3) is 0.267. The standard InChI is InChI=1S/C15H17N3O2/c1-11(5-7-14-8-6-12(2)20-14)17-18-15(19)13-4-3-9-16-10-13/h3-4,6,8-10H,5,7H2,1-2H3,(H,18,19)/b17-11+. The van der Waals surface area contributed by atoms with Crippen molar-refractivity contribution in [1.29, 1.82) is 0 Å². The molecule has 5 heteroatoms. The van der Waals surface area contributed by atoms with Crippen LogP contribution in [0, 0.1) is 6.92 Å². The minimum absolute atomic E-state index is 0.258. The van der Waals surface area contributed by atoms with Crippen LogP contribution < -0.4 is 5.43 Å². The molecule has 0 bridgehead atoms. The SMILES string of the molecule is C/C(CCc1ccc(C)o1)=N\NC(=O)c1cccnc1. The number of hydrogen-bond acceptors (Lipinski definition) is 4. The molecule has 0 spiro atoms. The molecule has 1 amide bonds. The minimum Gasteiger partial charge on any atom is -0.466 e. The van der Waals surface area contributed by atoms with Gasteiger partial charge in [-0.3, -0.25) is 9.78 Å². The number of pyridine rings is 1. The summed E-state index contributed by atoms with van der Waals surface area (Å²) in [6, 6.07) is 7.30. The Morgan fingerprint density at radius 1 is 1.40 bits per heavy atom. The number of rotatable bonds is 5. The summed E-state index contributed by atoms with van der Waals surface area (Å²) in [6.45, 7) is 3.79. The van der Waals surface area contributed by atoms with Crippen molar-refractivity contribution >= 4 is 11.6 Å². The van der Waals surface area contributed by atoms with Crippen molar-refractivity contribution in [2.45, 2.75) is 26.7 Å². The molecule has 0 saturated heterocycles. The summed E-state index contributed by atoms with van der Waals surface area (Å²) in [7, 11) is 0. The molecule has 2 aromatic rings. The second-order valence-electron chi connectivity index (χ2n) is 4.54. The Hall–Kier alpha value is -2.43. The van der Waals surface area contributed by atoms with Crippen molar-refractivity contribution < 1.29 is 9.21 Å². The van der Waals surface area contributed by atoms with Crippen LogP contribution in [0.5, 0.6) is 0 Å². The molecule has 0 aliphatic rings. The molecular formula is C15H17N3O2. The van der Waals surface area contributed by atoms with E-state index in [0.29, 0.717) is 5.56 Å². The van der Waals surface area contributed by atoms with E-state index in [-0.39, 0.29) is 5.91 Å². The van der Waals surface area contributed by atoms with Gasteiger partial charge in [0, 0.05) is 24.5 Å². The molecule has 2 heterocycles. The Bertz CT molecular complexity index is 603. The number of aromatic nitrogens is 1. The van der Waals surface area contributed by atoms with Gasteiger partial charge in [0.15, 0.2) is 0 Å². The Morgan fingerprint density at radius 2 is 2.25 bits per heavy atom. The van der Waals surface area contributed by atoms with Gasteiger partial charge in [0.2, 0.25) is 0 Å². The van der Waals surface area contributed by atoms with E-state index >= 15 is 0 Å². The van der Waals surface area contributed by atoms with Crippen LogP contribution in [0.1, 0.15) is 35.2 Å². The molecular weight excluding hydrogens is 254 g/mol. The highest BCUT2D eigenvalue weighted by atomic mass is 16.3. The molecule has 0 aliphatic carbocycles. The summed E-state index contributed by atoms with van der Waals surface area (Å²) in [5, 5.41) is 4.07. The molecule has 2 aromatic heterocycles. The number of nitrogens with one attached hydrogen (secondary N) is 1. The summed E-state index contributed by atoms with van der Waals surface area (Å²) >= 11 is 0. The van der Waals surface area contributed by atoms with Crippen LogP contribution in [-0.4, -0.2) is 16.6 Å². The van der Waals surface area contributed by atoms with E-state index in [2.05, 4.69) is 15.5 Å². The predicted molar refractivity (Wildman–Crippen MR) is 76.6 cm³/mol. The smallest absolute Gasteiger partial charge is 0.272 e. The molecule has 5 nitrogen and oxygen atoms in total. The van der Waals surface area contributed by atoms with Crippen molar-refractivity contribution in [1.82, 2.24) is 10.4 Å². The van der Waals surface area contributed by atoms with Gasteiger partial charge in [-0.1, -0.05) is 0 Å². The molecule has 0 atom stereocenters. The Labute approximate surface area is 117 Å². The number of carbonyl (C=O) groups excluding carboxylic acids is 1. The molecule has 0 saturated carbocycles. The zero-order chi connectivity index (χ0) is 14.4. The quantitative estimate of drug-likeness (QED) is 0.671. The lowest BCUT2D eigenvalue weighted by molar-refractivity contribution is 0.0954. The van der Waals surface area contributed by atoms with Gasteiger partial charge in [0.25, 0.3) is 5.91 Å². The second kappa shape index (κ2) is 6.65. The van der Waals surface area contributed by atoms with E-state index in [4.69, 9.17) is 4.42 Å². The van der Waals surface area contributed by atoms with Crippen molar-refractivity contribution in [3.63, 3.8) is 0 Å². The van der Waals surface area contributed by atoms with Gasteiger partial charge in [-0.15, -0.1) is 0 Å². The van der Waals surface area contributed by atoms with Crippen LogP contribution in [-0.2, 0) is 6.42 Å². The van der Waals surface area contributed by atoms with Crippen LogP contribution in [0.2, 0.25) is 0 Å². The van der Waals surface area contributed by atoms with E-state index < -0.39 is 0 Å². The summed E-state index contributed by atoms with van der Waals surface area (Å²) in [5.41, 5.74) is 3.85. The summed E-state index contributed by atoms with van der Waals surface area (Å²) in [5.74, 6) is 1.57. The largest absolute Gasteiger partial charge is 0.466 e. The second-order valence-corrected chi connectivity index (χ2v) is 4.54. The van der Waals surface area contributed by atoms with E-state index in [0.717, 1.165) is 30.1 Å². The highest BCUT2D eigenvalue weighted by Crippen LogP contribution is 2.08. The average molecular weight is 271 g/mol. The van der Waals surface area contributed by atoms with Crippen LogP contribution in [0.3, 0.4) is 0 Å². The first-order valence-corrected chi connectivity index (χ1v) is 6.44. The maximum Gasteiger partial charge on any atom is 0.272 e. The first kappa shape index (κ1) is 14.0.